The first-order valence-corrected chi connectivity index (χ1v) is 8.72. The van der Waals surface area contributed by atoms with Crippen LogP contribution >= 0.6 is 11.6 Å². The Bertz CT molecular complexity index is 546. The molecule has 2 heterocycles. The van der Waals surface area contributed by atoms with Crippen LogP contribution in [-0.4, -0.2) is 40.7 Å². The van der Waals surface area contributed by atoms with Crippen molar-refractivity contribution in [2.75, 3.05) is 7.05 Å². The van der Waals surface area contributed by atoms with Crippen LogP contribution in [0.1, 0.15) is 51.9 Å². The maximum absolute atomic E-state index is 12.8. The number of carbonyl (C=O) groups excluding carboxylic acids is 1. The summed E-state index contributed by atoms with van der Waals surface area (Å²) in [5, 5.41) is 0.543. The normalized spacial score (nSPS) is 27.0. The van der Waals surface area contributed by atoms with Gasteiger partial charge in [0.2, 0.25) is 5.91 Å². The van der Waals surface area contributed by atoms with Crippen molar-refractivity contribution in [3.05, 3.63) is 23.0 Å². The average Bonchev–Trinajstić information content (AvgIpc) is 3.00. The highest BCUT2D eigenvalue weighted by Gasteiger charge is 2.42. The number of nitrogens with zero attached hydrogens (tertiary/aromatic N) is 3. The lowest BCUT2D eigenvalue weighted by atomic mass is 10.0. The third kappa shape index (κ3) is 2.69. The van der Waals surface area contributed by atoms with Gasteiger partial charge in [-0.3, -0.25) is 4.79 Å². The van der Waals surface area contributed by atoms with Crippen LogP contribution in [-0.2, 0) is 4.79 Å². The highest BCUT2D eigenvalue weighted by Crippen LogP contribution is 2.33. The fourth-order valence-corrected chi connectivity index (χ4v) is 3.97. The first-order valence-electron chi connectivity index (χ1n) is 8.34. The van der Waals surface area contributed by atoms with Crippen LogP contribution in [0.4, 0.5) is 0 Å². The summed E-state index contributed by atoms with van der Waals surface area (Å²) in [5.74, 6) is 1.07. The van der Waals surface area contributed by atoms with Crippen molar-refractivity contribution in [2.24, 2.45) is 4.99 Å². The van der Waals surface area contributed by atoms with E-state index in [9.17, 15) is 4.79 Å². The Morgan fingerprint density at radius 3 is 2.64 bits per heavy atom. The molecule has 0 spiro atoms. The Morgan fingerprint density at radius 1 is 1.27 bits per heavy atom. The molecule has 4 nitrogen and oxygen atoms in total. The van der Waals surface area contributed by atoms with E-state index in [4.69, 9.17) is 11.6 Å². The minimum Gasteiger partial charge on any atom is -0.340 e. The van der Waals surface area contributed by atoms with Gasteiger partial charge in [0.05, 0.1) is 5.70 Å². The van der Waals surface area contributed by atoms with E-state index in [0.717, 1.165) is 43.6 Å². The highest BCUT2D eigenvalue weighted by atomic mass is 35.5. The van der Waals surface area contributed by atoms with E-state index in [1.807, 2.05) is 13.1 Å². The summed E-state index contributed by atoms with van der Waals surface area (Å²) < 4.78 is 0. The number of likely N-dealkylation sites (N-methyl/N-ethyl adjacent to an activating group) is 1. The van der Waals surface area contributed by atoms with Gasteiger partial charge in [0.1, 0.15) is 11.2 Å². The van der Waals surface area contributed by atoms with Crippen molar-refractivity contribution in [1.82, 2.24) is 9.80 Å². The lowest BCUT2D eigenvalue weighted by molar-refractivity contribution is -0.134. The van der Waals surface area contributed by atoms with Crippen molar-refractivity contribution in [3.8, 4) is 0 Å². The predicted molar refractivity (Wildman–Crippen MR) is 89.6 cm³/mol. The molecule has 2 fully saturated rings. The van der Waals surface area contributed by atoms with Crippen molar-refractivity contribution < 1.29 is 4.79 Å². The van der Waals surface area contributed by atoms with Gasteiger partial charge in [-0.1, -0.05) is 37.4 Å². The molecule has 1 atom stereocenters. The molecule has 0 aromatic rings. The molecular weight excluding hydrogens is 298 g/mol. The number of piperazine rings is 1. The van der Waals surface area contributed by atoms with Crippen LogP contribution in [0.3, 0.4) is 0 Å². The molecule has 1 saturated heterocycles. The van der Waals surface area contributed by atoms with Gasteiger partial charge in [-0.15, -0.1) is 0 Å². The number of rotatable bonds is 2. The zero-order chi connectivity index (χ0) is 15.7. The standard InChI is InChI=1S/C17H24ClN3O/c1-3-13-17(22)20(2)14-10-6-7-11-15(18)19-16(14)21(13)12-8-4-5-9-12/h10-13H,3-9H2,1-2H3. The largest absolute Gasteiger partial charge is 0.340 e. The molecule has 0 bridgehead atoms. The smallest absolute Gasteiger partial charge is 0.249 e. The number of amides is 1. The SMILES string of the molecule is CCC1C(=O)N(C)C2=CCCC=C(Cl)N=C2N1C1CCCC1. The predicted octanol–water partition coefficient (Wildman–Crippen LogP) is 3.64. The Balaban J connectivity index is 2.08. The Morgan fingerprint density at radius 2 is 1.95 bits per heavy atom. The molecule has 0 aromatic heterocycles. The Hall–Kier alpha value is -1.29. The third-order valence-corrected chi connectivity index (χ3v) is 5.16. The Kier molecular flexibility index (Phi) is 4.57. The molecule has 1 unspecified atom stereocenters. The van der Waals surface area contributed by atoms with Gasteiger partial charge in [-0.2, -0.15) is 0 Å². The van der Waals surface area contributed by atoms with Gasteiger partial charge >= 0.3 is 0 Å². The number of allylic oxidation sites excluding steroid dienone is 2. The topological polar surface area (TPSA) is 35.9 Å². The molecule has 0 radical (unpaired) electrons. The Labute approximate surface area is 137 Å². The van der Waals surface area contributed by atoms with E-state index in [-0.39, 0.29) is 11.9 Å². The monoisotopic (exact) mass is 321 g/mol. The van der Waals surface area contributed by atoms with Gasteiger partial charge in [0, 0.05) is 13.1 Å². The zero-order valence-electron chi connectivity index (χ0n) is 13.4. The van der Waals surface area contributed by atoms with Crippen LogP contribution in [0.15, 0.2) is 28.0 Å². The van der Waals surface area contributed by atoms with Crippen LogP contribution < -0.4 is 0 Å². The fraction of sp³-hybridized carbons (Fsp3) is 0.647. The average molecular weight is 322 g/mol. The number of hydrogen-bond acceptors (Lipinski definition) is 3. The lowest BCUT2D eigenvalue weighted by Gasteiger charge is -2.45. The summed E-state index contributed by atoms with van der Waals surface area (Å²) in [6.07, 6.45) is 11.4. The first kappa shape index (κ1) is 15.6. The first-order chi connectivity index (χ1) is 10.6. The van der Waals surface area contributed by atoms with Crippen LogP contribution in [0.25, 0.3) is 0 Å². The number of amidine groups is 1. The molecule has 3 aliphatic rings. The molecule has 5 heteroatoms. The molecule has 1 saturated carbocycles. The number of hydrogen-bond donors (Lipinski definition) is 0. The van der Waals surface area contributed by atoms with Crippen molar-refractivity contribution in [2.45, 2.75) is 64.0 Å². The molecule has 3 rings (SSSR count). The summed E-state index contributed by atoms with van der Waals surface area (Å²) in [5.41, 5.74) is 0.924. The van der Waals surface area contributed by atoms with E-state index in [1.54, 1.807) is 4.90 Å². The second-order valence-corrected chi connectivity index (χ2v) is 6.68. The fourth-order valence-electron chi connectivity index (χ4n) is 3.78. The van der Waals surface area contributed by atoms with Crippen LogP contribution in [0.2, 0.25) is 0 Å². The van der Waals surface area contributed by atoms with E-state index in [1.165, 1.54) is 12.8 Å². The number of fused-ring (bicyclic) bond motifs is 1. The highest BCUT2D eigenvalue weighted by molar-refractivity contribution is 6.30. The molecule has 1 amide bonds. The van der Waals surface area contributed by atoms with Gasteiger partial charge < -0.3 is 9.80 Å². The van der Waals surface area contributed by atoms with Crippen molar-refractivity contribution in [1.29, 1.82) is 0 Å². The zero-order valence-corrected chi connectivity index (χ0v) is 14.1. The van der Waals surface area contributed by atoms with Gasteiger partial charge in [-0.25, -0.2) is 4.99 Å². The molecule has 120 valence electrons. The second-order valence-electron chi connectivity index (χ2n) is 6.30. The van der Waals surface area contributed by atoms with Crippen LogP contribution in [0, 0.1) is 0 Å². The maximum Gasteiger partial charge on any atom is 0.249 e. The number of aliphatic imine (C=N–C) groups is 1. The van der Waals surface area contributed by atoms with Gasteiger partial charge in [-0.05, 0) is 38.2 Å². The second kappa shape index (κ2) is 6.45. The molecule has 0 N–H and O–H groups in total. The van der Waals surface area contributed by atoms with E-state index >= 15 is 0 Å². The molecular formula is C17H24ClN3O. The lowest BCUT2D eigenvalue weighted by Crippen LogP contribution is -2.60. The summed E-state index contributed by atoms with van der Waals surface area (Å²) in [6.45, 7) is 2.08. The number of halogens is 1. The molecule has 1 aliphatic carbocycles. The molecule has 22 heavy (non-hydrogen) atoms. The summed E-state index contributed by atoms with van der Waals surface area (Å²) in [7, 11) is 1.86. The van der Waals surface area contributed by atoms with E-state index in [2.05, 4.69) is 22.9 Å². The van der Waals surface area contributed by atoms with Crippen LogP contribution in [0.5, 0.6) is 0 Å². The van der Waals surface area contributed by atoms with Crippen molar-refractivity contribution in [3.63, 3.8) is 0 Å². The van der Waals surface area contributed by atoms with Crippen molar-refractivity contribution >= 4 is 23.3 Å². The van der Waals surface area contributed by atoms with E-state index < -0.39 is 0 Å². The molecule has 2 aliphatic heterocycles. The quantitative estimate of drug-likeness (QED) is 0.728. The summed E-state index contributed by atoms with van der Waals surface area (Å²) in [6, 6.07) is 0.293. The van der Waals surface area contributed by atoms with E-state index in [0.29, 0.717) is 11.2 Å². The third-order valence-electron chi connectivity index (χ3n) is 4.92. The minimum absolute atomic E-state index is 0.118. The summed E-state index contributed by atoms with van der Waals surface area (Å²) >= 11 is 6.28. The maximum atomic E-state index is 12.8. The number of carbonyl (C=O) groups is 1. The van der Waals surface area contributed by atoms with Gasteiger partial charge in [0.25, 0.3) is 0 Å². The summed E-state index contributed by atoms with van der Waals surface area (Å²) in [4.78, 5) is 21.5. The molecule has 0 aromatic carbocycles. The van der Waals surface area contributed by atoms with Gasteiger partial charge in [0.15, 0.2) is 5.84 Å². The minimum atomic E-state index is -0.118.